The Morgan fingerprint density at radius 3 is 1.08 bits per heavy atom. The molecule has 162 valence electrons. The van der Waals surface area contributed by atoms with Crippen molar-refractivity contribution >= 4 is 10.4 Å². The maximum absolute atomic E-state index is 8.52. The molecule has 5 nitrogen and oxygen atoms in total. The van der Waals surface area contributed by atoms with E-state index in [1.54, 1.807) is 0 Å². The zero-order valence-electron chi connectivity index (χ0n) is 17.1. The Hall–Kier alpha value is -0.170. The molecule has 0 N–H and O–H groups in total. The van der Waals surface area contributed by atoms with Crippen LogP contribution >= 0.6 is 0 Å². The van der Waals surface area contributed by atoms with Crippen LogP contribution in [0.15, 0.2) is 0 Å². The molecule has 0 unspecified atom stereocenters. The van der Waals surface area contributed by atoms with Gasteiger partial charge in [-0.3, -0.25) is 8.42 Å². The van der Waals surface area contributed by atoms with E-state index in [0.29, 0.717) is 0 Å². The van der Waals surface area contributed by atoms with Crippen LogP contribution in [0.3, 0.4) is 0 Å². The molecule has 0 aromatic heterocycles. The van der Waals surface area contributed by atoms with Crippen LogP contribution in [0, 0.1) is 0 Å². The zero-order valence-corrected chi connectivity index (χ0v) is 17.9. The molecule has 0 amide bonds. The smallest absolute Gasteiger partial charge is 0.0780 e. The van der Waals surface area contributed by atoms with Crippen LogP contribution in [0.4, 0.5) is 0 Å². The van der Waals surface area contributed by atoms with E-state index in [-0.39, 0.29) is 7.43 Å². The van der Waals surface area contributed by atoms with Crippen molar-refractivity contribution < 1.29 is 22.0 Å². The number of quaternary nitrogens is 1. The van der Waals surface area contributed by atoms with E-state index >= 15 is 0 Å². The molecule has 0 radical (unpaired) electrons. The minimum atomic E-state index is -5.17. The molecule has 0 aliphatic rings. The van der Waals surface area contributed by atoms with E-state index in [0.717, 1.165) is 4.48 Å². The van der Waals surface area contributed by atoms with Crippen LogP contribution in [-0.2, 0) is 10.4 Å². The second-order valence-corrected chi connectivity index (χ2v) is 8.83. The minimum absolute atomic E-state index is 0. The summed E-state index contributed by atoms with van der Waals surface area (Å²) >= 11 is 0. The molecular weight excluding hydrogens is 350 g/mol. The summed E-state index contributed by atoms with van der Waals surface area (Å²) in [7, 11) is 1.72. The molecule has 0 bridgehead atoms. The van der Waals surface area contributed by atoms with Crippen molar-refractivity contribution in [2.45, 2.75) is 104 Å². The van der Waals surface area contributed by atoms with Crippen molar-refractivity contribution in [3.8, 4) is 0 Å². The molecule has 0 aliphatic carbocycles. The third-order valence-corrected chi connectivity index (χ3v) is 4.18. The Kier molecular flexibility index (Phi) is 23.0. The van der Waals surface area contributed by atoms with Crippen molar-refractivity contribution in [3.05, 3.63) is 0 Å². The van der Waals surface area contributed by atoms with Crippen LogP contribution in [0.1, 0.15) is 104 Å². The highest BCUT2D eigenvalue weighted by Gasteiger charge is 2.04. The van der Waals surface area contributed by atoms with Crippen molar-refractivity contribution in [2.24, 2.45) is 0 Å². The molecule has 0 saturated carbocycles. The van der Waals surface area contributed by atoms with E-state index in [1.807, 2.05) is 0 Å². The lowest BCUT2D eigenvalue weighted by Gasteiger charge is -2.23. The maximum Gasteiger partial charge on any atom is 0.0780 e. The van der Waals surface area contributed by atoms with E-state index in [2.05, 4.69) is 28.1 Å². The Bertz CT molecular complexity index is 356. The van der Waals surface area contributed by atoms with Gasteiger partial charge in [0.25, 0.3) is 0 Å². The lowest BCUT2D eigenvalue weighted by Crippen LogP contribution is -2.35. The van der Waals surface area contributed by atoms with Gasteiger partial charge in [-0.1, -0.05) is 91.4 Å². The highest BCUT2D eigenvalue weighted by molar-refractivity contribution is 7.79. The summed E-state index contributed by atoms with van der Waals surface area (Å²) < 4.78 is 35.2. The summed E-state index contributed by atoms with van der Waals surface area (Å²) in [6.07, 6.45) is 20.4. The quantitative estimate of drug-likeness (QED) is 0.159. The topological polar surface area (TPSA) is 80.3 Å². The van der Waals surface area contributed by atoms with Gasteiger partial charge in [0.1, 0.15) is 0 Å². The Balaban J connectivity index is -0.000000772. The number of nitrogens with zero attached hydrogens (tertiary/aromatic N) is 1. The van der Waals surface area contributed by atoms with E-state index in [4.69, 9.17) is 17.5 Å². The minimum Gasteiger partial charge on any atom is -0.759 e. The predicted octanol–water partition coefficient (Wildman–Crippen LogP) is 5.47. The fraction of sp³-hybridized carbons (Fsp3) is 1.00. The van der Waals surface area contributed by atoms with E-state index in [9.17, 15) is 0 Å². The third-order valence-electron chi connectivity index (χ3n) is 4.18. The van der Waals surface area contributed by atoms with Crippen LogP contribution in [-0.4, -0.2) is 49.7 Å². The Labute approximate surface area is 164 Å². The van der Waals surface area contributed by atoms with Gasteiger partial charge >= 0.3 is 0 Å². The van der Waals surface area contributed by atoms with Crippen LogP contribution in [0.25, 0.3) is 0 Å². The van der Waals surface area contributed by atoms with Gasteiger partial charge in [-0.15, -0.1) is 0 Å². The molecule has 0 spiro atoms. The van der Waals surface area contributed by atoms with Crippen molar-refractivity contribution in [3.63, 3.8) is 0 Å². The van der Waals surface area contributed by atoms with Gasteiger partial charge in [0, 0.05) is 10.4 Å². The molecule has 6 heteroatoms. The fourth-order valence-corrected chi connectivity index (χ4v) is 2.78. The molecule has 0 atom stereocenters. The third kappa shape index (κ3) is 43.8. The highest BCUT2D eigenvalue weighted by atomic mass is 32.3. The maximum atomic E-state index is 8.52. The SMILES string of the molecule is C.CCCCCCCCCCCCCCCC[N+](C)(C)C.O=S(=O)([O-])[O-]. The standard InChI is InChI=1S/C19H42N.CH4.H2O4S/c1-5-6-7-8-9-10-11-12-13-14-15-16-17-18-19-20(2,3)4;;1-5(2,3)4/h5-19H2,1-4H3;1H4;(H2,1,2,3,4)/q+1;;/p-2. The summed E-state index contributed by atoms with van der Waals surface area (Å²) in [5.74, 6) is 0. The first-order valence-corrected chi connectivity index (χ1v) is 11.4. The summed E-state index contributed by atoms with van der Waals surface area (Å²) in [5, 5.41) is 0. The van der Waals surface area contributed by atoms with Crippen LogP contribution in [0.2, 0.25) is 0 Å². The normalized spacial score (nSPS) is 11.5. The molecule has 0 heterocycles. The molecule has 0 aromatic rings. The lowest BCUT2D eigenvalue weighted by atomic mass is 10.0. The molecule has 0 rings (SSSR count). The van der Waals surface area contributed by atoms with Gasteiger partial charge in [0.2, 0.25) is 0 Å². The Morgan fingerprint density at radius 2 is 0.846 bits per heavy atom. The number of hydrogen-bond donors (Lipinski definition) is 0. The lowest BCUT2D eigenvalue weighted by molar-refractivity contribution is -0.870. The molecule has 0 aliphatic heterocycles. The molecule has 26 heavy (non-hydrogen) atoms. The monoisotopic (exact) mass is 396 g/mol. The molecule has 0 fully saturated rings. The summed E-state index contributed by atoms with van der Waals surface area (Å²) in [6.45, 7) is 3.63. The summed E-state index contributed by atoms with van der Waals surface area (Å²) in [6, 6.07) is 0. The predicted molar refractivity (Wildman–Crippen MR) is 110 cm³/mol. The van der Waals surface area contributed by atoms with Crippen molar-refractivity contribution in [2.75, 3.05) is 27.7 Å². The van der Waals surface area contributed by atoms with Crippen molar-refractivity contribution in [1.82, 2.24) is 0 Å². The van der Waals surface area contributed by atoms with Gasteiger partial charge in [0.05, 0.1) is 27.7 Å². The highest BCUT2D eigenvalue weighted by Crippen LogP contribution is 2.13. The molecule has 0 saturated heterocycles. The average Bonchev–Trinajstić information content (AvgIpc) is 2.45. The fourth-order valence-electron chi connectivity index (χ4n) is 2.78. The van der Waals surface area contributed by atoms with E-state index < -0.39 is 10.4 Å². The van der Waals surface area contributed by atoms with Gasteiger partial charge in [0.15, 0.2) is 0 Å². The molecular formula is C20H46NO4S-. The van der Waals surface area contributed by atoms with Gasteiger partial charge < -0.3 is 13.6 Å². The van der Waals surface area contributed by atoms with Gasteiger partial charge in [-0.2, -0.15) is 0 Å². The van der Waals surface area contributed by atoms with Gasteiger partial charge in [-0.25, -0.2) is 0 Å². The number of unbranched alkanes of at least 4 members (excludes halogenated alkanes) is 13. The largest absolute Gasteiger partial charge is 0.759 e. The second kappa shape index (κ2) is 19.6. The average molecular weight is 397 g/mol. The first-order valence-electron chi connectivity index (χ1n) is 10.0. The first kappa shape index (κ1) is 30.6. The van der Waals surface area contributed by atoms with Crippen molar-refractivity contribution in [1.29, 1.82) is 0 Å². The van der Waals surface area contributed by atoms with Gasteiger partial charge in [-0.05, 0) is 12.8 Å². The summed E-state index contributed by atoms with van der Waals surface area (Å²) in [5.41, 5.74) is 0. The van der Waals surface area contributed by atoms with E-state index in [1.165, 1.54) is 96.4 Å². The zero-order chi connectivity index (χ0) is 19.6. The number of rotatable bonds is 15. The van der Waals surface area contributed by atoms with Crippen LogP contribution in [0.5, 0.6) is 0 Å². The van der Waals surface area contributed by atoms with Crippen LogP contribution < -0.4 is 0 Å². The summed E-state index contributed by atoms with van der Waals surface area (Å²) in [4.78, 5) is 0. The number of hydrogen-bond acceptors (Lipinski definition) is 4. The first-order chi connectivity index (χ1) is 11.6. The Morgan fingerprint density at radius 1 is 0.615 bits per heavy atom. The molecule has 0 aromatic carbocycles. The second-order valence-electron chi connectivity index (χ2n) is 8.02.